The monoisotopic (exact) mass is 455 g/mol. The molecule has 166 valence electrons. The fraction of sp³-hybridized carbons (Fsp3) is 0.231. The van der Waals surface area contributed by atoms with Crippen molar-refractivity contribution in [3.63, 3.8) is 0 Å². The van der Waals surface area contributed by atoms with Crippen LogP contribution in [-0.2, 0) is 4.79 Å². The quantitative estimate of drug-likeness (QED) is 0.365. The molecule has 1 aliphatic rings. The lowest BCUT2D eigenvalue weighted by Crippen LogP contribution is -2.28. The smallest absolute Gasteiger partial charge is 0.230 e. The Kier molecular flexibility index (Phi) is 6.21. The fourth-order valence-corrected chi connectivity index (χ4v) is 4.64. The predicted molar refractivity (Wildman–Crippen MR) is 131 cm³/mol. The summed E-state index contributed by atoms with van der Waals surface area (Å²) in [5.41, 5.74) is 4.42. The molecule has 4 aromatic rings. The van der Waals surface area contributed by atoms with Gasteiger partial charge in [-0.25, -0.2) is 0 Å². The molecule has 7 heteroatoms. The van der Waals surface area contributed by atoms with Gasteiger partial charge in [0.15, 0.2) is 11.0 Å². The maximum absolute atomic E-state index is 12.7. The van der Waals surface area contributed by atoms with Gasteiger partial charge in [-0.1, -0.05) is 66.4 Å². The number of hydrogen-bond acceptors (Lipinski definition) is 5. The van der Waals surface area contributed by atoms with Gasteiger partial charge in [0.1, 0.15) is 0 Å². The van der Waals surface area contributed by atoms with Crippen LogP contribution >= 0.6 is 11.8 Å². The van der Waals surface area contributed by atoms with Crippen LogP contribution in [0.3, 0.4) is 0 Å². The van der Waals surface area contributed by atoms with E-state index >= 15 is 0 Å². The van der Waals surface area contributed by atoms with Crippen molar-refractivity contribution in [2.75, 3.05) is 5.75 Å². The molecule has 0 saturated heterocycles. The van der Waals surface area contributed by atoms with Crippen LogP contribution in [0, 0.1) is 0 Å². The number of aromatic nitrogens is 4. The number of carbonyl (C=O) groups is 1. The Hall–Kier alpha value is -3.45. The van der Waals surface area contributed by atoms with E-state index < -0.39 is 0 Å². The van der Waals surface area contributed by atoms with Crippen LogP contribution in [0.15, 0.2) is 84.3 Å². The van der Waals surface area contributed by atoms with E-state index in [0.717, 1.165) is 40.5 Å². The van der Waals surface area contributed by atoms with Gasteiger partial charge in [-0.15, -0.1) is 10.2 Å². The third-order valence-electron chi connectivity index (χ3n) is 5.74. The molecule has 33 heavy (non-hydrogen) atoms. The summed E-state index contributed by atoms with van der Waals surface area (Å²) in [6.07, 6.45) is 5.75. The molecule has 5 rings (SSSR count). The van der Waals surface area contributed by atoms with Crippen LogP contribution in [0.1, 0.15) is 37.4 Å². The van der Waals surface area contributed by atoms with E-state index in [1.54, 1.807) is 12.4 Å². The minimum Gasteiger partial charge on any atom is -0.349 e. The summed E-state index contributed by atoms with van der Waals surface area (Å²) in [5, 5.41) is 12.7. The van der Waals surface area contributed by atoms with Gasteiger partial charge in [-0.2, -0.15) is 0 Å². The molecule has 1 N–H and O–H groups in total. The molecule has 0 spiro atoms. The number of rotatable bonds is 8. The zero-order valence-electron chi connectivity index (χ0n) is 18.4. The van der Waals surface area contributed by atoms with E-state index in [2.05, 4.69) is 61.5 Å². The number of hydrogen-bond donors (Lipinski definition) is 1. The summed E-state index contributed by atoms with van der Waals surface area (Å²) >= 11 is 1.44. The van der Waals surface area contributed by atoms with Gasteiger partial charge >= 0.3 is 0 Å². The maximum Gasteiger partial charge on any atom is 0.230 e. The molecule has 2 aromatic carbocycles. The summed E-state index contributed by atoms with van der Waals surface area (Å²) in [5.74, 6) is 1.12. The molecule has 0 aliphatic heterocycles. The van der Waals surface area contributed by atoms with Crippen LogP contribution in [0.4, 0.5) is 0 Å². The number of nitrogens with zero attached hydrogens (tertiary/aromatic N) is 4. The van der Waals surface area contributed by atoms with Crippen molar-refractivity contribution in [2.45, 2.75) is 37.0 Å². The highest BCUT2D eigenvalue weighted by atomic mass is 32.2. The van der Waals surface area contributed by atoms with Crippen LogP contribution in [-0.4, -0.2) is 31.4 Å². The fourth-order valence-electron chi connectivity index (χ4n) is 3.83. The van der Waals surface area contributed by atoms with Crippen LogP contribution in [0.2, 0.25) is 0 Å². The van der Waals surface area contributed by atoms with Crippen molar-refractivity contribution in [3.05, 3.63) is 84.7 Å². The Bertz CT molecular complexity index is 1220. The van der Waals surface area contributed by atoms with Gasteiger partial charge in [0.05, 0.1) is 11.8 Å². The molecule has 0 radical (unpaired) electrons. The van der Waals surface area contributed by atoms with Crippen molar-refractivity contribution in [1.29, 1.82) is 0 Å². The van der Waals surface area contributed by atoms with Gasteiger partial charge in [-0.05, 0) is 48.6 Å². The number of benzene rings is 2. The third kappa shape index (κ3) is 4.98. The second kappa shape index (κ2) is 9.58. The van der Waals surface area contributed by atoms with Crippen LogP contribution in [0.5, 0.6) is 0 Å². The summed E-state index contributed by atoms with van der Waals surface area (Å²) in [6, 6.07) is 22.8. The minimum absolute atomic E-state index is 0.0181. The first-order chi connectivity index (χ1) is 16.2. The highest BCUT2D eigenvalue weighted by Crippen LogP contribution is 2.41. The molecule has 0 bridgehead atoms. The van der Waals surface area contributed by atoms with E-state index in [4.69, 9.17) is 0 Å². The molecule has 1 saturated carbocycles. The SMILES string of the molecule is C[C@@H](NC(=O)CSc1nnc(-c2ccncc2)n1C1CC1)c1ccc(-c2ccccc2)cc1. The molecular formula is C26H25N5OS. The molecule has 2 aromatic heterocycles. The topological polar surface area (TPSA) is 72.7 Å². The Morgan fingerprint density at radius 3 is 2.36 bits per heavy atom. The average molecular weight is 456 g/mol. The molecule has 1 atom stereocenters. The zero-order chi connectivity index (χ0) is 22.6. The van der Waals surface area contributed by atoms with Gasteiger partial charge < -0.3 is 5.32 Å². The largest absolute Gasteiger partial charge is 0.349 e. The molecule has 1 fully saturated rings. The Balaban J connectivity index is 1.21. The first-order valence-electron chi connectivity index (χ1n) is 11.1. The Morgan fingerprint density at radius 2 is 1.67 bits per heavy atom. The lowest BCUT2D eigenvalue weighted by atomic mass is 10.0. The Morgan fingerprint density at radius 1 is 0.970 bits per heavy atom. The standard InChI is InChI=1S/C26H25N5OS/c1-18(19-7-9-21(10-8-19)20-5-3-2-4-6-20)28-24(32)17-33-26-30-29-25(31(26)23-11-12-23)22-13-15-27-16-14-22/h2-10,13-16,18,23H,11-12,17H2,1H3,(H,28,32)/t18-/m1/s1. The summed E-state index contributed by atoms with van der Waals surface area (Å²) in [4.78, 5) is 16.7. The average Bonchev–Trinajstić information content (AvgIpc) is 3.62. The van der Waals surface area contributed by atoms with E-state index in [1.165, 1.54) is 17.3 Å². The van der Waals surface area contributed by atoms with Gasteiger partial charge in [0, 0.05) is 24.0 Å². The van der Waals surface area contributed by atoms with E-state index in [9.17, 15) is 4.79 Å². The van der Waals surface area contributed by atoms with Gasteiger partial charge in [0.25, 0.3) is 0 Å². The number of thioether (sulfide) groups is 1. The first-order valence-corrected chi connectivity index (χ1v) is 12.1. The molecule has 6 nitrogen and oxygen atoms in total. The number of carbonyl (C=O) groups excluding carboxylic acids is 1. The van der Waals surface area contributed by atoms with Crippen molar-refractivity contribution < 1.29 is 4.79 Å². The summed E-state index contributed by atoms with van der Waals surface area (Å²) in [7, 11) is 0. The van der Waals surface area contributed by atoms with E-state index in [1.807, 2.05) is 37.3 Å². The number of amides is 1. The van der Waals surface area contributed by atoms with E-state index in [-0.39, 0.29) is 11.9 Å². The normalized spacial score (nSPS) is 14.1. The summed E-state index contributed by atoms with van der Waals surface area (Å²) in [6.45, 7) is 2.01. The summed E-state index contributed by atoms with van der Waals surface area (Å²) < 4.78 is 2.17. The van der Waals surface area contributed by atoms with Crippen molar-refractivity contribution in [1.82, 2.24) is 25.1 Å². The molecule has 2 heterocycles. The van der Waals surface area contributed by atoms with Crippen molar-refractivity contribution >= 4 is 17.7 Å². The first kappa shape index (κ1) is 21.4. The lowest BCUT2D eigenvalue weighted by Gasteiger charge is -2.15. The van der Waals surface area contributed by atoms with Crippen molar-refractivity contribution in [2.24, 2.45) is 0 Å². The number of nitrogens with one attached hydrogen (secondary N) is 1. The predicted octanol–water partition coefficient (Wildman–Crippen LogP) is 5.31. The van der Waals surface area contributed by atoms with Crippen LogP contribution in [0.25, 0.3) is 22.5 Å². The van der Waals surface area contributed by atoms with Crippen molar-refractivity contribution in [3.8, 4) is 22.5 Å². The Labute approximate surface area is 197 Å². The third-order valence-corrected chi connectivity index (χ3v) is 6.69. The highest BCUT2D eigenvalue weighted by Gasteiger charge is 2.30. The molecule has 1 aliphatic carbocycles. The minimum atomic E-state index is -0.0726. The van der Waals surface area contributed by atoms with Gasteiger partial charge in [0.2, 0.25) is 5.91 Å². The zero-order valence-corrected chi connectivity index (χ0v) is 19.2. The molecular weight excluding hydrogens is 430 g/mol. The molecule has 0 unspecified atom stereocenters. The maximum atomic E-state index is 12.7. The second-order valence-corrected chi connectivity index (χ2v) is 9.15. The van der Waals surface area contributed by atoms with Crippen LogP contribution < -0.4 is 5.32 Å². The lowest BCUT2D eigenvalue weighted by molar-refractivity contribution is -0.119. The van der Waals surface area contributed by atoms with E-state index in [0.29, 0.717) is 11.8 Å². The highest BCUT2D eigenvalue weighted by molar-refractivity contribution is 7.99. The second-order valence-electron chi connectivity index (χ2n) is 8.21. The van der Waals surface area contributed by atoms with Gasteiger partial charge in [-0.3, -0.25) is 14.3 Å². The molecule has 1 amide bonds. The number of pyridine rings is 1.